The third-order valence-electron chi connectivity index (χ3n) is 4.16. The van der Waals surface area contributed by atoms with E-state index in [9.17, 15) is 4.79 Å². The van der Waals surface area contributed by atoms with Crippen LogP contribution in [-0.4, -0.2) is 45.1 Å². The van der Waals surface area contributed by atoms with Crippen LogP contribution in [-0.2, 0) is 6.42 Å². The molecular formula is C14H20N3O4+. The van der Waals surface area contributed by atoms with Gasteiger partial charge < -0.3 is 24.4 Å². The average Bonchev–Trinajstić information content (AvgIpc) is 2.87. The van der Waals surface area contributed by atoms with Crippen molar-refractivity contribution < 1.29 is 23.5 Å². The van der Waals surface area contributed by atoms with Gasteiger partial charge in [0.1, 0.15) is 0 Å². The van der Waals surface area contributed by atoms with E-state index in [1.807, 2.05) is 20.2 Å². The second-order valence-electron chi connectivity index (χ2n) is 5.88. The zero-order valence-corrected chi connectivity index (χ0v) is 12.4. The van der Waals surface area contributed by atoms with Gasteiger partial charge in [0, 0.05) is 6.42 Å². The van der Waals surface area contributed by atoms with Crippen LogP contribution < -0.4 is 25.3 Å². The van der Waals surface area contributed by atoms with Crippen LogP contribution in [0.25, 0.3) is 0 Å². The van der Waals surface area contributed by atoms with Crippen molar-refractivity contribution in [1.82, 2.24) is 5.32 Å². The van der Waals surface area contributed by atoms with Crippen molar-refractivity contribution in [2.24, 2.45) is 5.73 Å². The molecule has 114 valence electrons. The molecule has 2 amide bonds. The fraction of sp³-hybridized carbons (Fsp3) is 0.500. The highest BCUT2D eigenvalue weighted by molar-refractivity contribution is 5.73. The van der Waals surface area contributed by atoms with Crippen molar-refractivity contribution >= 4 is 6.03 Å². The van der Waals surface area contributed by atoms with Crippen LogP contribution in [0.2, 0.25) is 0 Å². The van der Waals surface area contributed by atoms with Crippen molar-refractivity contribution in [1.29, 1.82) is 0 Å². The molecule has 0 fully saturated rings. The van der Waals surface area contributed by atoms with Crippen LogP contribution in [0, 0.1) is 0 Å². The molecule has 0 bridgehead atoms. The Kier molecular flexibility index (Phi) is 3.09. The number of fused-ring (bicyclic) bond motifs is 2. The molecule has 0 saturated carbocycles. The first-order valence-electron chi connectivity index (χ1n) is 6.82. The molecule has 2 aliphatic rings. The molecule has 7 nitrogen and oxygen atoms in total. The maximum atomic E-state index is 11.4. The Labute approximate surface area is 123 Å². The molecule has 7 heteroatoms. The first-order chi connectivity index (χ1) is 9.94. The van der Waals surface area contributed by atoms with E-state index >= 15 is 0 Å². The molecule has 1 aromatic carbocycles. The number of nitrogens with one attached hydrogen (secondary N) is 1. The lowest BCUT2D eigenvalue weighted by atomic mass is 9.93. The van der Waals surface area contributed by atoms with E-state index in [1.165, 1.54) is 0 Å². The van der Waals surface area contributed by atoms with Gasteiger partial charge in [-0.05, 0) is 11.6 Å². The van der Waals surface area contributed by atoms with Gasteiger partial charge in [0.25, 0.3) is 0 Å². The number of carbonyl (C=O) groups is 1. The number of hydrogen-bond acceptors (Lipinski definition) is 4. The summed E-state index contributed by atoms with van der Waals surface area (Å²) in [5, 5.41) is 2.83. The number of amides is 2. The molecule has 0 radical (unpaired) electrons. The van der Waals surface area contributed by atoms with E-state index in [4.69, 9.17) is 19.9 Å². The number of primary amides is 1. The number of ether oxygens (including phenoxy) is 3. The van der Waals surface area contributed by atoms with Crippen molar-refractivity contribution in [2.75, 3.05) is 34.5 Å². The van der Waals surface area contributed by atoms with Gasteiger partial charge in [-0.3, -0.25) is 5.32 Å². The minimum absolute atomic E-state index is 0.181. The fourth-order valence-electron chi connectivity index (χ4n) is 3.06. The Morgan fingerprint density at radius 1 is 1.48 bits per heavy atom. The highest BCUT2D eigenvalue weighted by Gasteiger charge is 2.41. The zero-order valence-electron chi connectivity index (χ0n) is 12.4. The summed E-state index contributed by atoms with van der Waals surface area (Å²) in [4.78, 5) is 11.4. The van der Waals surface area contributed by atoms with Gasteiger partial charge in [0.15, 0.2) is 17.7 Å². The fourth-order valence-corrected chi connectivity index (χ4v) is 3.06. The summed E-state index contributed by atoms with van der Waals surface area (Å²) in [5.41, 5.74) is 7.35. The number of hydrogen-bond donors (Lipinski definition) is 2. The molecule has 3 rings (SSSR count). The SMILES string of the molecule is COc1c2c(cc3c1[C@@H](NC(N)=O)[N+](C)(C)CC3)OCO2. The lowest BCUT2D eigenvalue weighted by Crippen LogP contribution is -2.55. The molecule has 1 atom stereocenters. The summed E-state index contributed by atoms with van der Waals surface area (Å²) in [5.74, 6) is 1.90. The molecule has 0 unspecified atom stereocenters. The molecule has 2 aliphatic heterocycles. The van der Waals surface area contributed by atoms with E-state index in [0.29, 0.717) is 21.7 Å². The van der Waals surface area contributed by atoms with Crippen LogP contribution >= 0.6 is 0 Å². The summed E-state index contributed by atoms with van der Waals surface area (Å²) in [6.45, 7) is 1.06. The Morgan fingerprint density at radius 2 is 2.24 bits per heavy atom. The number of quaternary nitrogens is 1. The van der Waals surface area contributed by atoms with Crippen molar-refractivity contribution in [2.45, 2.75) is 12.6 Å². The molecular weight excluding hydrogens is 274 g/mol. The van der Waals surface area contributed by atoms with Crippen LogP contribution in [0.15, 0.2) is 6.07 Å². The van der Waals surface area contributed by atoms with Gasteiger partial charge in [-0.1, -0.05) is 0 Å². The second kappa shape index (κ2) is 4.70. The van der Waals surface area contributed by atoms with Crippen molar-refractivity contribution in [3.8, 4) is 17.2 Å². The quantitative estimate of drug-likeness (QED) is 0.788. The minimum atomic E-state index is -0.557. The average molecular weight is 294 g/mol. The molecule has 0 aromatic heterocycles. The van der Waals surface area contributed by atoms with E-state index in [0.717, 1.165) is 24.1 Å². The molecule has 0 spiro atoms. The Bertz CT molecular complexity index is 600. The third kappa shape index (κ3) is 2.13. The lowest BCUT2D eigenvalue weighted by Gasteiger charge is -2.42. The largest absolute Gasteiger partial charge is 0.492 e. The number of nitrogens with two attached hydrogens (primary N) is 1. The maximum Gasteiger partial charge on any atom is 0.316 e. The van der Waals surface area contributed by atoms with Crippen LogP contribution in [0.1, 0.15) is 17.3 Å². The second-order valence-corrected chi connectivity index (χ2v) is 5.88. The molecule has 3 N–H and O–H groups in total. The first-order valence-corrected chi connectivity index (χ1v) is 6.82. The van der Waals surface area contributed by atoms with Crippen molar-refractivity contribution in [3.63, 3.8) is 0 Å². The summed E-state index contributed by atoms with van der Waals surface area (Å²) in [6.07, 6.45) is 0.586. The van der Waals surface area contributed by atoms with Crippen LogP contribution in [0.4, 0.5) is 4.79 Å². The summed E-state index contributed by atoms with van der Waals surface area (Å²) in [6, 6.07) is 1.41. The molecule has 1 aromatic rings. The monoisotopic (exact) mass is 294 g/mol. The zero-order chi connectivity index (χ0) is 15.2. The Balaban J connectivity index is 2.18. The number of methoxy groups -OCH3 is 1. The smallest absolute Gasteiger partial charge is 0.316 e. The first kappa shape index (κ1) is 13.8. The number of urea groups is 1. The molecule has 2 heterocycles. The number of rotatable bonds is 2. The van der Waals surface area contributed by atoms with E-state index in [-0.39, 0.29) is 13.0 Å². The van der Waals surface area contributed by atoms with Gasteiger partial charge in [0.2, 0.25) is 12.5 Å². The number of carbonyl (C=O) groups excluding carboxylic acids is 1. The molecule has 21 heavy (non-hydrogen) atoms. The predicted octanol–water partition coefficient (Wildman–Crippen LogP) is 0.723. The van der Waals surface area contributed by atoms with E-state index in [1.54, 1.807) is 7.11 Å². The van der Waals surface area contributed by atoms with E-state index < -0.39 is 6.03 Å². The molecule has 0 saturated heterocycles. The number of nitrogens with zero attached hydrogens (tertiary/aromatic N) is 1. The number of likely N-dealkylation sites (N-methyl/N-ethyl adjacent to an activating group) is 1. The maximum absolute atomic E-state index is 11.4. The van der Waals surface area contributed by atoms with Gasteiger partial charge in [-0.2, -0.15) is 0 Å². The normalized spacial score (nSPS) is 21.6. The Morgan fingerprint density at radius 3 is 2.90 bits per heavy atom. The van der Waals surface area contributed by atoms with E-state index in [2.05, 4.69) is 5.32 Å². The molecule has 0 aliphatic carbocycles. The van der Waals surface area contributed by atoms with Gasteiger partial charge in [-0.25, -0.2) is 4.79 Å². The number of benzene rings is 1. The minimum Gasteiger partial charge on any atom is -0.492 e. The lowest BCUT2D eigenvalue weighted by molar-refractivity contribution is -0.925. The van der Waals surface area contributed by atoms with Crippen molar-refractivity contribution in [3.05, 3.63) is 17.2 Å². The summed E-state index contributed by atoms with van der Waals surface area (Å²) < 4.78 is 17.1. The van der Waals surface area contributed by atoms with Gasteiger partial charge in [-0.15, -0.1) is 0 Å². The van der Waals surface area contributed by atoms with Gasteiger partial charge >= 0.3 is 6.03 Å². The highest BCUT2D eigenvalue weighted by Crippen LogP contribution is 2.49. The topological polar surface area (TPSA) is 82.8 Å². The standard InChI is InChI=1S/C14H19N3O4/c1-17(2)5-4-8-6-9-11(21-7-20-9)12(19-3)10(8)13(17)16-14(15)18/h6,13H,4-5,7H2,1-3H3,(H2-,15,16,18)/p+1/t13-/m0/s1. The predicted molar refractivity (Wildman–Crippen MR) is 75.3 cm³/mol. The van der Waals surface area contributed by atoms with Crippen LogP contribution in [0.5, 0.6) is 17.2 Å². The van der Waals surface area contributed by atoms with Gasteiger partial charge in [0.05, 0.1) is 33.3 Å². The summed E-state index contributed by atoms with van der Waals surface area (Å²) >= 11 is 0. The highest BCUT2D eigenvalue weighted by atomic mass is 16.7. The van der Waals surface area contributed by atoms with Crippen LogP contribution in [0.3, 0.4) is 0 Å². The summed E-state index contributed by atoms with van der Waals surface area (Å²) in [7, 11) is 5.69. The Hall–Kier alpha value is -2.15. The third-order valence-corrected chi connectivity index (χ3v) is 4.16.